The summed E-state index contributed by atoms with van der Waals surface area (Å²) < 4.78 is 27.1. The van der Waals surface area contributed by atoms with E-state index < -0.39 is 10.0 Å². The summed E-state index contributed by atoms with van der Waals surface area (Å²) in [4.78, 5) is 3.66. The zero-order valence-electron chi connectivity index (χ0n) is 10.7. The molecule has 2 rings (SSSR count). The Morgan fingerprint density at radius 1 is 1.19 bits per heavy atom. The Morgan fingerprint density at radius 2 is 1.86 bits per heavy atom. The number of benzene rings is 1. The minimum Gasteiger partial charge on any atom is -0.398 e. The first-order valence-electron chi connectivity index (χ1n) is 5.61. The third-order valence-corrected chi connectivity index (χ3v) is 4.75. The Kier molecular flexibility index (Phi) is 4.53. The summed E-state index contributed by atoms with van der Waals surface area (Å²) in [5, 5.41) is 0.369. The van der Waals surface area contributed by atoms with Crippen molar-refractivity contribution in [2.45, 2.75) is 11.8 Å². The van der Waals surface area contributed by atoms with Gasteiger partial charge < -0.3 is 5.73 Å². The lowest BCUT2D eigenvalue weighted by atomic mass is 10.3. The zero-order chi connectivity index (χ0) is 15.8. The molecule has 5 nitrogen and oxygen atoms in total. The minimum atomic E-state index is -3.95. The number of nitrogens with zero attached hydrogens (tertiary/aromatic N) is 1. The fourth-order valence-electron chi connectivity index (χ4n) is 1.65. The average Bonchev–Trinajstić information content (AvgIpc) is 2.36. The quantitative estimate of drug-likeness (QED) is 0.640. The molecule has 0 amide bonds. The maximum Gasteiger partial charge on any atom is 0.264 e. The summed E-state index contributed by atoms with van der Waals surface area (Å²) in [5.41, 5.74) is 6.42. The SMILES string of the molecule is Cc1cc(Cl)nc(Cl)c1NS(=O)(=O)c1cc(Cl)ccc1N. The van der Waals surface area contributed by atoms with Crippen molar-refractivity contribution in [3.05, 3.63) is 45.2 Å². The largest absolute Gasteiger partial charge is 0.398 e. The molecule has 0 aliphatic rings. The molecule has 9 heteroatoms. The molecule has 21 heavy (non-hydrogen) atoms. The van der Waals surface area contributed by atoms with Gasteiger partial charge in [-0.1, -0.05) is 34.8 Å². The van der Waals surface area contributed by atoms with Crippen LogP contribution in [0.5, 0.6) is 0 Å². The molecule has 0 spiro atoms. The molecule has 0 unspecified atom stereocenters. The van der Waals surface area contributed by atoms with Crippen LogP contribution in [0.15, 0.2) is 29.2 Å². The van der Waals surface area contributed by atoms with E-state index in [1.807, 2.05) is 0 Å². The van der Waals surface area contributed by atoms with E-state index in [0.29, 0.717) is 5.56 Å². The summed E-state index contributed by atoms with van der Waals surface area (Å²) in [6.45, 7) is 1.65. The van der Waals surface area contributed by atoms with E-state index in [1.165, 1.54) is 24.3 Å². The first-order chi connectivity index (χ1) is 9.70. The number of nitrogen functional groups attached to an aromatic ring is 1. The van der Waals surface area contributed by atoms with Crippen molar-refractivity contribution in [3.8, 4) is 0 Å². The molecule has 0 saturated heterocycles. The lowest BCUT2D eigenvalue weighted by molar-refractivity contribution is 0.601. The summed E-state index contributed by atoms with van der Waals surface area (Å²) in [5.74, 6) is 0. The van der Waals surface area contributed by atoms with E-state index >= 15 is 0 Å². The van der Waals surface area contributed by atoms with Crippen molar-refractivity contribution in [2.24, 2.45) is 0 Å². The molecule has 2 aromatic rings. The summed E-state index contributed by atoms with van der Waals surface area (Å²) in [6, 6.07) is 5.65. The summed E-state index contributed by atoms with van der Waals surface area (Å²) in [7, 11) is -3.95. The molecule has 1 heterocycles. The van der Waals surface area contributed by atoms with Crippen LogP contribution in [0.4, 0.5) is 11.4 Å². The highest BCUT2D eigenvalue weighted by atomic mass is 35.5. The van der Waals surface area contributed by atoms with Gasteiger partial charge in [-0.2, -0.15) is 0 Å². The molecule has 0 aliphatic carbocycles. The molecule has 1 aromatic heterocycles. The van der Waals surface area contributed by atoms with E-state index in [4.69, 9.17) is 40.5 Å². The number of nitrogens with one attached hydrogen (secondary N) is 1. The molecule has 0 radical (unpaired) electrons. The Hall–Kier alpha value is -1.21. The number of hydrogen-bond acceptors (Lipinski definition) is 4. The lowest BCUT2D eigenvalue weighted by Crippen LogP contribution is -2.16. The standard InChI is InChI=1S/C12H10Cl3N3O2S/c1-6-4-10(14)17-12(15)11(6)18-21(19,20)9-5-7(13)2-3-8(9)16/h2-5,18H,16H2,1H3. The van der Waals surface area contributed by atoms with Crippen LogP contribution in [0, 0.1) is 6.92 Å². The number of rotatable bonds is 3. The normalized spacial score (nSPS) is 11.4. The number of aryl methyl sites for hydroxylation is 1. The minimum absolute atomic E-state index is 0.0517. The molecule has 0 atom stereocenters. The second kappa shape index (κ2) is 5.88. The van der Waals surface area contributed by atoms with Crippen LogP contribution in [0.2, 0.25) is 15.3 Å². The van der Waals surface area contributed by atoms with Crippen LogP contribution in [0.3, 0.4) is 0 Å². The fourth-order valence-corrected chi connectivity index (χ4v) is 3.82. The maximum atomic E-state index is 12.4. The van der Waals surface area contributed by atoms with Crippen LogP contribution in [0.1, 0.15) is 5.56 Å². The van der Waals surface area contributed by atoms with Crippen LogP contribution in [-0.4, -0.2) is 13.4 Å². The molecular formula is C12H10Cl3N3O2S. The zero-order valence-corrected chi connectivity index (χ0v) is 13.8. The van der Waals surface area contributed by atoms with Gasteiger partial charge in [0.2, 0.25) is 0 Å². The Morgan fingerprint density at radius 3 is 2.48 bits per heavy atom. The molecule has 1 aromatic carbocycles. The molecule has 0 fully saturated rings. The van der Waals surface area contributed by atoms with Gasteiger partial charge in [-0.3, -0.25) is 4.72 Å². The number of pyridine rings is 1. The van der Waals surface area contributed by atoms with Gasteiger partial charge in [0, 0.05) is 5.02 Å². The molecule has 0 aliphatic heterocycles. The number of nitrogens with two attached hydrogens (primary N) is 1. The van der Waals surface area contributed by atoms with Gasteiger partial charge in [0.1, 0.15) is 10.0 Å². The van der Waals surface area contributed by atoms with Crippen molar-refractivity contribution in [1.29, 1.82) is 0 Å². The smallest absolute Gasteiger partial charge is 0.264 e. The lowest BCUT2D eigenvalue weighted by Gasteiger charge is -2.13. The second-order valence-electron chi connectivity index (χ2n) is 4.22. The summed E-state index contributed by atoms with van der Waals surface area (Å²) in [6.07, 6.45) is 0. The Balaban J connectivity index is 2.50. The van der Waals surface area contributed by atoms with Crippen molar-refractivity contribution in [2.75, 3.05) is 10.5 Å². The average molecular weight is 367 g/mol. The Bertz CT molecular complexity index is 786. The van der Waals surface area contributed by atoms with Crippen molar-refractivity contribution < 1.29 is 8.42 Å². The third-order valence-electron chi connectivity index (χ3n) is 2.64. The molecular weight excluding hydrogens is 357 g/mol. The fraction of sp³-hybridized carbons (Fsp3) is 0.0833. The van der Waals surface area contributed by atoms with E-state index in [-0.39, 0.29) is 31.6 Å². The first kappa shape index (κ1) is 16.2. The van der Waals surface area contributed by atoms with Crippen LogP contribution in [-0.2, 0) is 10.0 Å². The maximum absolute atomic E-state index is 12.4. The highest BCUT2D eigenvalue weighted by molar-refractivity contribution is 7.93. The van der Waals surface area contributed by atoms with Gasteiger partial charge in [0.05, 0.1) is 11.4 Å². The third kappa shape index (κ3) is 3.52. The summed E-state index contributed by atoms with van der Waals surface area (Å²) >= 11 is 17.5. The monoisotopic (exact) mass is 365 g/mol. The van der Waals surface area contributed by atoms with Crippen LogP contribution in [0.25, 0.3) is 0 Å². The number of sulfonamides is 1. The van der Waals surface area contributed by atoms with Gasteiger partial charge in [0.25, 0.3) is 10.0 Å². The van der Waals surface area contributed by atoms with E-state index in [9.17, 15) is 8.42 Å². The van der Waals surface area contributed by atoms with E-state index in [1.54, 1.807) is 6.92 Å². The van der Waals surface area contributed by atoms with Gasteiger partial charge in [-0.15, -0.1) is 0 Å². The molecule has 0 saturated carbocycles. The number of hydrogen-bond donors (Lipinski definition) is 2. The van der Waals surface area contributed by atoms with Gasteiger partial charge in [-0.05, 0) is 36.8 Å². The number of aromatic nitrogens is 1. The Labute approximate surface area is 137 Å². The molecule has 3 N–H and O–H groups in total. The second-order valence-corrected chi connectivity index (χ2v) is 7.05. The van der Waals surface area contributed by atoms with Crippen molar-refractivity contribution in [3.63, 3.8) is 0 Å². The number of anilines is 2. The predicted molar refractivity (Wildman–Crippen MR) is 85.7 cm³/mol. The van der Waals surface area contributed by atoms with E-state index in [0.717, 1.165) is 0 Å². The van der Waals surface area contributed by atoms with Gasteiger partial charge in [0.15, 0.2) is 5.15 Å². The van der Waals surface area contributed by atoms with Crippen LogP contribution < -0.4 is 10.5 Å². The molecule has 0 bridgehead atoms. The highest BCUT2D eigenvalue weighted by Crippen LogP contribution is 2.30. The molecule has 112 valence electrons. The van der Waals surface area contributed by atoms with Gasteiger partial charge >= 0.3 is 0 Å². The van der Waals surface area contributed by atoms with Crippen molar-refractivity contribution >= 4 is 56.2 Å². The highest BCUT2D eigenvalue weighted by Gasteiger charge is 2.21. The van der Waals surface area contributed by atoms with Crippen LogP contribution >= 0.6 is 34.8 Å². The van der Waals surface area contributed by atoms with Gasteiger partial charge in [-0.25, -0.2) is 13.4 Å². The van der Waals surface area contributed by atoms with E-state index in [2.05, 4.69) is 9.71 Å². The van der Waals surface area contributed by atoms with Crippen molar-refractivity contribution in [1.82, 2.24) is 4.98 Å². The number of halogens is 3. The topological polar surface area (TPSA) is 85.1 Å². The predicted octanol–water partition coefficient (Wildman–Crippen LogP) is 3.73. The first-order valence-corrected chi connectivity index (χ1v) is 8.23.